The first-order chi connectivity index (χ1) is 10.1. The highest BCUT2D eigenvalue weighted by atomic mass is 32.2. The molecule has 0 amide bonds. The van der Waals surface area contributed by atoms with E-state index in [1.54, 1.807) is 12.3 Å². The Balaban J connectivity index is 1.94. The zero-order valence-electron chi connectivity index (χ0n) is 11.8. The zero-order valence-corrected chi connectivity index (χ0v) is 14.3. The fourth-order valence-corrected chi connectivity index (χ4v) is 4.89. The largest absolute Gasteiger partial charge is 0.312 e. The van der Waals surface area contributed by atoms with Crippen LogP contribution in [0.2, 0.25) is 0 Å². The summed E-state index contributed by atoms with van der Waals surface area (Å²) in [5.41, 5.74) is 0. The first-order valence-corrected chi connectivity index (χ1v) is 10.0. The SMILES string of the molecule is CCCNCc1sccc1S(=O)(=O)NCCc1nccs1. The predicted octanol–water partition coefficient (Wildman–Crippen LogP) is 2.23. The average molecular weight is 346 g/mol. The Morgan fingerprint density at radius 3 is 2.81 bits per heavy atom. The number of thiazole rings is 1. The van der Waals surface area contributed by atoms with E-state index in [4.69, 9.17) is 0 Å². The number of sulfonamides is 1. The molecular formula is C13H19N3O2S3. The first-order valence-electron chi connectivity index (χ1n) is 6.78. The van der Waals surface area contributed by atoms with E-state index in [1.165, 1.54) is 22.7 Å². The number of hydrogen-bond acceptors (Lipinski definition) is 6. The first kappa shape index (κ1) is 16.6. The standard InChI is InChI=1S/C13H19N3O2S3/c1-2-5-14-10-11-12(4-8-19-11)21(17,18)16-6-3-13-15-7-9-20-13/h4,7-9,14,16H,2-3,5-6,10H2,1H3. The molecule has 0 aliphatic carbocycles. The lowest BCUT2D eigenvalue weighted by Gasteiger charge is -2.08. The van der Waals surface area contributed by atoms with E-state index >= 15 is 0 Å². The third-order valence-electron chi connectivity index (χ3n) is 2.82. The van der Waals surface area contributed by atoms with Gasteiger partial charge in [-0.1, -0.05) is 6.92 Å². The quantitative estimate of drug-likeness (QED) is 0.684. The van der Waals surface area contributed by atoms with Gasteiger partial charge in [-0.3, -0.25) is 0 Å². The van der Waals surface area contributed by atoms with Gasteiger partial charge in [-0.2, -0.15) is 0 Å². The van der Waals surface area contributed by atoms with E-state index < -0.39 is 10.0 Å². The molecule has 116 valence electrons. The van der Waals surface area contributed by atoms with Gasteiger partial charge in [0.15, 0.2) is 0 Å². The van der Waals surface area contributed by atoms with Crippen molar-refractivity contribution in [1.82, 2.24) is 15.0 Å². The molecule has 0 saturated carbocycles. The zero-order chi connectivity index (χ0) is 15.1. The Morgan fingerprint density at radius 1 is 1.24 bits per heavy atom. The smallest absolute Gasteiger partial charge is 0.241 e. The van der Waals surface area contributed by atoms with E-state index in [0.29, 0.717) is 24.4 Å². The summed E-state index contributed by atoms with van der Waals surface area (Å²) in [5, 5.41) is 7.88. The molecule has 2 heterocycles. The number of nitrogens with zero attached hydrogens (tertiary/aromatic N) is 1. The van der Waals surface area contributed by atoms with Crippen LogP contribution < -0.4 is 10.0 Å². The molecular weight excluding hydrogens is 326 g/mol. The molecule has 0 aliphatic heterocycles. The molecule has 0 bridgehead atoms. The molecule has 2 aromatic heterocycles. The Morgan fingerprint density at radius 2 is 2.10 bits per heavy atom. The highest BCUT2D eigenvalue weighted by molar-refractivity contribution is 7.89. The number of aromatic nitrogens is 1. The van der Waals surface area contributed by atoms with Crippen LogP contribution in [0.15, 0.2) is 27.9 Å². The van der Waals surface area contributed by atoms with Gasteiger partial charge in [-0.15, -0.1) is 22.7 Å². The molecule has 5 nitrogen and oxygen atoms in total. The number of rotatable bonds is 9. The topological polar surface area (TPSA) is 71.1 Å². The third-order valence-corrected chi connectivity index (χ3v) is 6.26. The van der Waals surface area contributed by atoms with E-state index in [-0.39, 0.29) is 0 Å². The summed E-state index contributed by atoms with van der Waals surface area (Å²) in [6.45, 7) is 3.93. The van der Waals surface area contributed by atoms with Gasteiger partial charge in [-0.05, 0) is 24.4 Å². The second-order valence-corrected chi connectivity index (χ2v) is 8.17. The van der Waals surface area contributed by atoms with Crippen LogP contribution in [0, 0.1) is 0 Å². The third kappa shape index (κ3) is 4.86. The highest BCUT2D eigenvalue weighted by Gasteiger charge is 2.19. The van der Waals surface area contributed by atoms with Crippen LogP contribution in [0.4, 0.5) is 0 Å². The minimum Gasteiger partial charge on any atom is -0.312 e. The van der Waals surface area contributed by atoms with Crippen molar-refractivity contribution in [2.45, 2.75) is 31.2 Å². The molecule has 0 aliphatic rings. The maximum Gasteiger partial charge on any atom is 0.241 e. The second kappa shape index (κ2) is 8.00. The van der Waals surface area contributed by atoms with Crippen LogP contribution in [0.25, 0.3) is 0 Å². The maximum atomic E-state index is 12.3. The van der Waals surface area contributed by atoms with Gasteiger partial charge in [0.25, 0.3) is 0 Å². The van der Waals surface area contributed by atoms with Gasteiger partial charge in [0.1, 0.15) is 0 Å². The molecule has 21 heavy (non-hydrogen) atoms. The molecule has 0 atom stereocenters. The van der Waals surface area contributed by atoms with E-state index in [2.05, 4.69) is 21.9 Å². The van der Waals surface area contributed by atoms with Gasteiger partial charge in [0.2, 0.25) is 10.0 Å². The molecule has 0 unspecified atom stereocenters. The van der Waals surface area contributed by atoms with Crippen LogP contribution in [0.3, 0.4) is 0 Å². The van der Waals surface area contributed by atoms with Gasteiger partial charge in [0.05, 0.1) is 9.90 Å². The van der Waals surface area contributed by atoms with Crippen molar-refractivity contribution in [3.05, 3.63) is 32.9 Å². The van der Waals surface area contributed by atoms with Gasteiger partial charge in [0, 0.05) is 36.0 Å². The van der Waals surface area contributed by atoms with Crippen molar-refractivity contribution in [2.75, 3.05) is 13.1 Å². The van der Waals surface area contributed by atoms with Crippen LogP contribution in [0.5, 0.6) is 0 Å². The number of nitrogens with one attached hydrogen (secondary N) is 2. The summed E-state index contributed by atoms with van der Waals surface area (Å²) in [6, 6.07) is 1.67. The minimum absolute atomic E-state index is 0.369. The Labute approximate surface area is 133 Å². The average Bonchev–Trinajstić information content (AvgIpc) is 3.10. The molecule has 0 fully saturated rings. The van der Waals surface area contributed by atoms with Crippen molar-refractivity contribution in [1.29, 1.82) is 0 Å². The lowest BCUT2D eigenvalue weighted by Crippen LogP contribution is -2.27. The summed E-state index contributed by atoms with van der Waals surface area (Å²) in [4.78, 5) is 5.38. The predicted molar refractivity (Wildman–Crippen MR) is 87.3 cm³/mol. The van der Waals surface area contributed by atoms with E-state index in [9.17, 15) is 8.42 Å². The summed E-state index contributed by atoms with van der Waals surface area (Å²) >= 11 is 3.00. The van der Waals surface area contributed by atoms with E-state index in [1.807, 2.05) is 10.8 Å². The molecule has 0 spiro atoms. The van der Waals surface area contributed by atoms with Crippen LogP contribution in [-0.2, 0) is 23.0 Å². The number of thiophene rings is 1. The Bertz CT molecular complexity index is 635. The Kier molecular flexibility index (Phi) is 6.31. The fourth-order valence-electron chi connectivity index (χ4n) is 1.82. The molecule has 2 N–H and O–H groups in total. The minimum atomic E-state index is -3.44. The molecule has 2 rings (SSSR count). The fraction of sp³-hybridized carbons (Fsp3) is 0.462. The van der Waals surface area contributed by atoms with Crippen LogP contribution >= 0.6 is 22.7 Å². The van der Waals surface area contributed by atoms with Crippen molar-refractivity contribution >= 4 is 32.7 Å². The normalized spacial score (nSPS) is 11.9. The van der Waals surface area contributed by atoms with Crippen molar-refractivity contribution in [2.24, 2.45) is 0 Å². The lowest BCUT2D eigenvalue weighted by atomic mass is 10.4. The maximum absolute atomic E-state index is 12.3. The summed E-state index contributed by atoms with van der Waals surface area (Å²) in [6.07, 6.45) is 3.37. The van der Waals surface area contributed by atoms with Crippen LogP contribution in [-0.4, -0.2) is 26.5 Å². The molecule has 0 aromatic carbocycles. The molecule has 0 saturated heterocycles. The molecule has 0 radical (unpaired) electrons. The lowest BCUT2D eigenvalue weighted by molar-refractivity contribution is 0.579. The van der Waals surface area contributed by atoms with Crippen molar-refractivity contribution < 1.29 is 8.42 Å². The van der Waals surface area contributed by atoms with Crippen molar-refractivity contribution in [3.63, 3.8) is 0 Å². The monoisotopic (exact) mass is 345 g/mol. The highest BCUT2D eigenvalue weighted by Crippen LogP contribution is 2.21. The summed E-state index contributed by atoms with van der Waals surface area (Å²) < 4.78 is 27.3. The summed E-state index contributed by atoms with van der Waals surface area (Å²) in [7, 11) is -3.44. The Hall–Kier alpha value is -0.800. The molecule has 8 heteroatoms. The second-order valence-electron chi connectivity index (χ2n) is 4.46. The van der Waals surface area contributed by atoms with Crippen LogP contribution in [0.1, 0.15) is 23.2 Å². The van der Waals surface area contributed by atoms with Gasteiger partial charge in [-0.25, -0.2) is 18.1 Å². The van der Waals surface area contributed by atoms with Crippen molar-refractivity contribution in [3.8, 4) is 0 Å². The van der Waals surface area contributed by atoms with Gasteiger partial charge >= 0.3 is 0 Å². The molecule has 2 aromatic rings. The van der Waals surface area contributed by atoms with Gasteiger partial charge < -0.3 is 5.32 Å². The van der Waals surface area contributed by atoms with E-state index in [0.717, 1.165) is 22.9 Å². The number of hydrogen-bond donors (Lipinski definition) is 2. The summed E-state index contributed by atoms with van der Waals surface area (Å²) in [5.74, 6) is 0.